The van der Waals surface area contributed by atoms with Gasteiger partial charge in [0, 0.05) is 0 Å². The lowest BCUT2D eigenvalue weighted by atomic mass is 10.0. The van der Waals surface area contributed by atoms with Gasteiger partial charge in [0.1, 0.15) is 5.60 Å². The normalized spacial score (nSPS) is 12.2. The number of carboxylic acid groups (broad SMARTS) is 1. The average molecular weight is 323 g/mol. The van der Waals surface area contributed by atoms with Gasteiger partial charge in [0.05, 0.1) is 13.5 Å². The van der Waals surface area contributed by atoms with Gasteiger partial charge in [0.25, 0.3) is 0 Å². The Labute approximate surface area is 134 Å². The van der Waals surface area contributed by atoms with Crippen molar-refractivity contribution in [1.82, 2.24) is 5.32 Å². The molecule has 126 valence electrons. The van der Waals surface area contributed by atoms with Gasteiger partial charge in [0.15, 0.2) is 6.04 Å². The van der Waals surface area contributed by atoms with Gasteiger partial charge in [-0.1, -0.05) is 24.3 Å². The fourth-order valence-corrected chi connectivity index (χ4v) is 1.82. The number of nitrogens with one attached hydrogen (secondary N) is 1. The minimum Gasteiger partial charge on any atom is -0.481 e. The van der Waals surface area contributed by atoms with E-state index in [1.54, 1.807) is 45.0 Å². The fourth-order valence-electron chi connectivity index (χ4n) is 1.82. The molecule has 7 nitrogen and oxygen atoms in total. The molecule has 7 heteroatoms. The third-order valence-corrected chi connectivity index (χ3v) is 2.77. The molecule has 0 aliphatic carbocycles. The monoisotopic (exact) mass is 323 g/mol. The van der Waals surface area contributed by atoms with Crippen LogP contribution in [0.5, 0.6) is 0 Å². The molecule has 0 aromatic heterocycles. The summed E-state index contributed by atoms with van der Waals surface area (Å²) in [6, 6.07) is 5.26. The van der Waals surface area contributed by atoms with Crippen LogP contribution >= 0.6 is 0 Å². The number of benzene rings is 1. The van der Waals surface area contributed by atoms with Crippen molar-refractivity contribution in [2.24, 2.45) is 0 Å². The summed E-state index contributed by atoms with van der Waals surface area (Å²) in [7, 11) is 1.21. The second kappa shape index (κ2) is 7.62. The van der Waals surface area contributed by atoms with Crippen molar-refractivity contribution in [1.29, 1.82) is 0 Å². The first-order valence-electron chi connectivity index (χ1n) is 7.00. The maximum absolute atomic E-state index is 11.9. The molecule has 0 spiro atoms. The van der Waals surface area contributed by atoms with Gasteiger partial charge >= 0.3 is 18.0 Å². The fraction of sp³-hybridized carbons (Fsp3) is 0.438. The third kappa shape index (κ3) is 6.37. The van der Waals surface area contributed by atoms with Gasteiger partial charge in [-0.25, -0.2) is 9.59 Å². The average Bonchev–Trinajstić information content (AvgIpc) is 2.42. The molecule has 0 aliphatic rings. The van der Waals surface area contributed by atoms with Gasteiger partial charge in [-0.05, 0) is 31.9 Å². The van der Waals surface area contributed by atoms with E-state index in [1.807, 2.05) is 0 Å². The highest BCUT2D eigenvalue weighted by molar-refractivity contribution is 5.82. The Kier molecular flexibility index (Phi) is 6.12. The summed E-state index contributed by atoms with van der Waals surface area (Å²) in [4.78, 5) is 34.4. The highest BCUT2D eigenvalue weighted by atomic mass is 16.6. The van der Waals surface area contributed by atoms with Crippen molar-refractivity contribution in [3.8, 4) is 0 Å². The number of rotatable bonds is 5. The second-order valence-corrected chi connectivity index (χ2v) is 5.91. The highest BCUT2D eigenvalue weighted by Crippen LogP contribution is 2.17. The number of carbonyl (C=O) groups excluding carboxylic acids is 2. The molecule has 0 heterocycles. The van der Waals surface area contributed by atoms with Crippen molar-refractivity contribution in [2.45, 2.75) is 38.8 Å². The van der Waals surface area contributed by atoms with Crippen LogP contribution in [0, 0.1) is 0 Å². The van der Waals surface area contributed by atoms with Crippen LogP contribution in [-0.2, 0) is 25.5 Å². The number of hydrogen-bond acceptors (Lipinski definition) is 5. The van der Waals surface area contributed by atoms with E-state index in [-0.39, 0.29) is 6.42 Å². The summed E-state index contributed by atoms with van der Waals surface area (Å²) in [5, 5.41) is 11.2. The van der Waals surface area contributed by atoms with Gasteiger partial charge < -0.3 is 19.9 Å². The summed E-state index contributed by atoms with van der Waals surface area (Å²) in [6.45, 7) is 5.13. The molecule has 2 N–H and O–H groups in total. The smallest absolute Gasteiger partial charge is 0.408 e. The predicted octanol–water partition coefficient (Wildman–Crippen LogP) is 2.05. The zero-order valence-electron chi connectivity index (χ0n) is 13.6. The zero-order valence-corrected chi connectivity index (χ0v) is 13.6. The summed E-state index contributed by atoms with van der Waals surface area (Å²) in [6.07, 6.45) is -0.870. The molecule has 1 unspecified atom stereocenters. The van der Waals surface area contributed by atoms with Crippen LogP contribution in [0.15, 0.2) is 24.3 Å². The molecule has 1 rings (SSSR count). The maximum atomic E-state index is 11.9. The number of ether oxygens (including phenoxy) is 2. The Morgan fingerprint density at radius 3 is 2.17 bits per heavy atom. The quantitative estimate of drug-likeness (QED) is 0.804. The molecular weight excluding hydrogens is 302 g/mol. The number of carboxylic acids is 1. The minimum absolute atomic E-state index is 0.122. The number of hydrogen-bond donors (Lipinski definition) is 2. The number of aliphatic carboxylic acids is 1. The molecular formula is C16H21NO6. The first kappa shape index (κ1) is 18.5. The maximum Gasteiger partial charge on any atom is 0.408 e. The van der Waals surface area contributed by atoms with E-state index in [0.29, 0.717) is 11.1 Å². The number of amides is 1. The number of methoxy groups -OCH3 is 1. The Morgan fingerprint density at radius 2 is 1.74 bits per heavy atom. The molecule has 0 bridgehead atoms. The Hall–Kier alpha value is -2.57. The topological polar surface area (TPSA) is 102 Å². The van der Waals surface area contributed by atoms with Crippen molar-refractivity contribution in [3.05, 3.63) is 35.4 Å². The standard InChI is InChI=1S/C16H21NO6/c1-16(2,3)23-15(21)17-13(14(20)22-4)11-7-5-10(6-8-11)9-12(18)19/h5-8,13H,9H2,1-4H3,(H,17,21)(H,18,19). The van der Waals surface area contributed by atoms with Crippen LogP contribution in [0.3, 0.4) is 0 Å². The van der Waals surface area contributed by atoms with Gasteiger partial charge in [-0.3, -0.25) is 4.79 Å². The molecule has 23 heavy (non-hydrogen) atoms. The van der Waals surface area contributed by atoms with E-state index in [4.69, 9.17) is 9.84 Å². The molecule has 0 radical (unpaired) electrons. The minimum atomic E-state index is -1.03. The van der Waals surface area contributed by atoms with Crippen molar-refractivity contribution < 1.29 is 29.0 Å². The molecule has 0 saturated carbocycles. The van der Waals surface area contributed by atoms with Gasteiger partial charge in [-0.15, -0.1) is 0 Å². The molecule has 1 amide bonds. The third-order valence-electron chi connectivity index (χ3n) is 2.77. The van der Waals surface area contributed by atoms with E-state index in [9.17, 15) is 14.4 Å². The summed E-state index contributed by atoms with van der Waals surface area (Å²) >= 11 is 0. The van der Waals surface area contributed by atoms with Crippen molar-refractivity contribution in [3.63, 3.8) is 0 Å². The van der Waals surface area contributed by atoms with Gasteiger partial charge in [-0.2, -0.15) is 0 Å². The number of esters is 1. The largest absolute Gasteiger partial charge is 0.481 e. The molecule has 1 aromatic rings. The molecule has 0 saturated heterocycles. The van der Waals surface area contributed by atoms with Crippen LogP contribution < -0.4 is 5.32 Å². The Morgan fingerprint density at radius 1 is 1.17 bits per heavy atom. The van der Waals surface area contributed by atoms with Crippen LogP contribution in [0.1, 0.15) is 37.9 Å². The van der Waals surface area contributed by atoms with Crippen molar-refractivity contribution >= 4 is 18.0 Å². The highest BCUT2D eigenvalue weighted by Gasteiger charge is 2.26. The first-order valence-corrected chi connectivity index (χ1v) is 7.00. The molecule has 1 aromatic carbocycles. The van der Waals surface area contributed by atoms with Gasteiger partial charge in [0.2, 0.25) is 0 Å². The summed E-state index contributed by atoms with van der Waals surface area (Å²) in [5.41, 5.74) is 0.356. The lowest BCUT2D eigenvalue weighted by molar-refractivity contribution is -0.143. The lowest BCUT2D eigenvalue weighted by Crippen LogP contribution is -2.38. The summed E-state index contributed by atoms with van der Waals surface area (Å²) in [5.74, 6) is -1.60. The second-order valence-electron chi connectivity index (χ2n) is 5.91. The molecule has 0 fully saturated rings. The molecule has 1 atom stereocenters. The van der Waals surface area contributed by atoms with Crippen LogP contribution in [0.4, 0.5) is 4.79 Å². The molecule has 0 aliphatic heterocycles. The van der Waals surface area contributed by atoms with E-state index < -0.39 is 29.7 Å². The van der Waals surface area contributed by atoms with E-state index in [2.05, 4.69) is 10.1 Å². The van der Waals surface area contributed by atoms with Crippen LogP contribution in [0.25, 0.3) is 0 Å². The summed E-state index contributed by atoms with van der Waals surface area (Å²) < 4.78 is 9.81. The van der Waals surface area contributed by atoms with Crippen molar-refractivity contribution in [2.75, 3.05) is 7.11 Å². The Bertz CT molecular complexity index is 573. The van der Waals surface area contributed by atoms with E-state index in [1.165, 1.54) is 7.11 Å². The first-order chi connectivity index (χ1) is 10.6. The predicted molar refractivity (Wildman–Crippen MR) is 81.9 cm³/mol. The zero-order chi connectivity index (χ0) is 17.6. The Balaban J connectivity index is 2.92. The lowest BCUT2D eigenvalue weighted by Gasteiger charge is -2.22. The van der Waals surface area contributed by atoms with Crippen LogP contribution in [0.2, 0.25) is 0 Å². The number of carbonyl (C=O) groups is 3. The number of alkyl carbamates (subject to hydrolysis) is 1. The SMILES string of the molecule is COC(=O)C(NC(=O)OC(C)(C)C)c1ccc(CC(=O)O)cc1. The van der Waals surface area contributed by atoms with E-state index >= 15 is 0 Å². The van der Waals surface area contributed by atoms with Crippen LogP contribution in [-0.4, -0.2) is 35.8 Å². The van der Waals surface area contributed by atoms with E-state index in [0.717, 1.165) is 0 Å².